The summed E-state index contributed by atoms with van der Waals surface area (Å²) in [6, 6.07) is 0. The summed E-state index contributed by atoms with van der Waals surface area (Å²) in [7, 11) is 0. The second kappa shape index (κ2) is 8.34. The second-order valence-electron chi connectivity index (χ2n) is 5.90. The van der Waals surface area contributed by atoms with Crippen LogP contribution in [0.25, 0.3) is 0 Å². The summed E-state index contributed by atoms with van der Waals surface area (Å²) in [5.74, 6) is 1.67. The topological polar surface area (TPSA) is 126 Å². The fraction of sp³-hybridized carbons (Fsp3) is 0.786. The van der Waals surface area contributed by atoms with Crippen LogP contribution in [0.15, 0.2) is 0 Å². The Labute approximate surface area is 135 Å². The average Bonchev–Trinajstić information content (AvgIpc) is 2.57. The molecule has 2 rings (SSSR count). The third-order valence-electron chi connectivity index (χ3n) is 4.26. The largest absolute Gasteiger partial charge is 0.376 e. The van der Waals surface area contributed by atoms with Crippen LogP contribution in [0.2, 0.25) is 0 Å². The SMILES string of the molecule is CC1CCC(c2nc(N(CO)CO)nc(N(CO)CO)n2)CC1. The number of hydrogen-bond donors (Lipinski definition) is 4. The first-order valence-electron chi connectivity index (χ1n) is 7.82. The van der Waals surface area contributed by atoms with Gasteiger partial charge in [0.15, 0.2) is 0 Å². The minimum Gasteiger partial charge on any atom is -0.376 e. The van der Waals surface area contributed by atoms with Crippen molar-refractivity contribution in [1.29, 1.82) is 0 Å². The molecule has 0 radical (unpaired) electrons. The van der Waals surface area contributed by atoms with E-state index in [9.17, 15) is 20.4 Å². The zero-order valence-electron chi connectivity index (χ0n) is 13.3. The van der Waals surface area contributed by atoms with Crippen molar-refractivity contribution in [1.82, 2.24) is 15.0 Å². The summed E-state index contributed by atoms with van der Waals surface area (Å²) in [5.41, 5.74) is 0. The maximum Gasteiger partial charge on any atom is 0.234 e. The van der Waals surface area contributed by atoms with Gasteiger partial charge >= 0.3 is 0 Å². The molecular formula is C14H25N5O4. The lowest BCUT2D eigenvalue weighted by molar-refractivity contribution is 0.216. The van der Waals surface area contributed by atoms with Gasteiger partial charge in [-0.05, 0) is 18.8 Å². The van der Waals surface area contributed by atoms with Gasteiger partial charge in [0.1, 0.15) is 32.7 Å². The summed E-state index contributed by atoms with van der Waals surface area (Å²) < 4.78 is 0. The lowest BCUT2D eigenvalue weighted by Gasteiger charge is -2.27. The summed E-state index contributed by atoms with van der Waals surface area (Å²) in [6.07, 6.45) is 4.10. The molecule has 0 spiro atoms. The third kappa shape index (κ3) is 4.25. The number of nitrogens with zero attached hydrogens (tertiary/aromatic N) is 5. The van der Waals surface area contributed by atoms with Crippen molar-refractivity contribution in [2.24, 2.45) is 5.92 Å². The van der Waals surface area contributed by atoms with E-state index < -0.39 is 26.9 Å². The number of aliphatic hydroxyl groups is 4. The number of aliphatic hydroxyl groups excluding tert-OH is 4. The minimum absolute atomic E-state index is 0.125. The molecule has 23 heavy (non-hydrogen) atoms. The monoisotopic (exact) mass is 327 g/mol. The Morgan fingerprint density at radius 2 is 1.22 bits per heavy atom. The van der Waals surface area contributed by atoms with Crippen LogP contribution in [0.3, 0.4) is 0 Å². The molecule has 1 heterocycles. The Hall–Kier alpha value is -1.55. The molecule has 1 aliphatic carbocycles. The number of anilines is 2. The predicted molar refractivity (Wildman–Crippen MR) is 83.5 cm³/mol. The van der Waals surface area contributed by atoms with E-state index in [4.69, 9.17) is 0 Å². The molecule has 0 atom stereocenters. The van der Waals surface area contributed by atoms with Crippen molar-refractivity contribution in [3.8, 4) is 0 Å². The second-order valence-corrected chi connectivity index (χ2v) is 5.90. The van der Waals surface area contributed by atoms with E-state index in [1.807, 2.05) is 0 Å². The highest BCUT2D eigenvalue weighted by molar-refractivity contribution is 5.38. The normalized spacial score (nSPS) is 21.3. The van der Waals surface area contributed by atoms with Crippen LogP contribution in [0.1, 0.15) is 44.3 Å². The zero-order chi connectivity index (χ0) is 16.8. The molecule has 0 aromatic carbocycles. The van der Waals surface area contributed by atoms with Gasteiger partial charge in [0.25, 0.3) is 0 Å². The first-order chi connectivity index (χ1) is 11.1. The van der Waals surface area contributed by atoms with E-state index in [1.54, 1.807) is 0 Å². The molecule has 1 aromatic heterocycles. The molecule has 0 amide bonds. The van der Waals surface area contributed by atoms with Crippen LogP contribution in [-0.2, 0) is 0 Å². The molecule has 130 valence electrons. The van der Waals surface area contributed by atoms with Gasteiger partial charge < -0.3 is 20.4 Å². The average molecular weight is 327 g/mol. The molecule has 1 aromatic rings. The lowest BCUT2D eigenvalue weighted by atomic mass is 9.82. The van der Waals surface area contributed by atoms with Crippen LogP contribution in [0.5, 0.6) is 0 Å². The molecule has 4 N–H and O–H groups in total. The Morgan fingerprint density at radius 1 is 0.783 bits per heavy atom. The highest BCUT2D eigenvalue weighted by atomic mass is 16.3. The van der Waals surface area contributed by atoms with Gasteiger partial charge in [0.05, 0.1) is 0 Å². The summed E-state index contributed by atoms with van der Waals surface area (Å²) in [6.45, 7) is 0.441. The van der Waals surface area contributed by atoms with Gasteiger partial charge in [-0.1, -0.05) is 19.8 Å². The highest BCUT2D eigenvalue weighted by Gasteiger charge is 2.25. The Kier molecular flexibility index (Phi) is 6.46. The van der Waals surface area contributed by atoms with Crippen molar-refractivity contribution in [3.05, 3.63) is 5.82 Å². The molecule has 1 fully saturated rings. The molecule has 0 unspecified atom stereocenters. The van der Waals surface area contributed by atoms with Crippen LogP contribution < -0.4 is 9.80 Å². The maximum atomic E-state index is 9.31. The Morgan fingerprint density at radius 3 is 1.61 bits per heavy atom. The molecule has 0 aliphatic heterocycles. The van der Waals surface area contributed by atoms with Crippen molar-refractivity contribution in [2.45, 2.75) is 38.5 Å². The van der Waals surface area contributed by atoms with E-state index in [0.717, 1.165) is 25.7 Å². The van der Waals surface area contributed by atoms with E-state index in [2.05, 4.69) is 21.9 Å². The Bertz CT molecular complexity index is 458. The lowest BCUT2D eigenvalue weighted by Crippen LogP contribution is -2.32. The molecule has 9 nitrogen and oxygen atoms in total. The fourth-order valence-corrected chi connectivity index (χ4v) is 2.70. The minimum atomic E-state index is -0.445. The first-order valence-corrected chi connectivity index (χ1v) is 7.82. The molecule has 1 saturated carbocycles. The van der Waals surface area contributed by atoms with Gasteiger partial charge in [0, 0.05) is 5.92 Å². The van der Waals surface area contributed by atoms with Gasteiger partial charge in [-0.15, -0.1) is 0 Å². The predicted octanol–water partition coefficient (Wildman–Crippen LogP) is -0.423. The fourth-order valence-electron chi connectivity index (χ4n) is 2.70. The number of rotatable bonds is 7. The van der Waals surface area contributed by atoms with Crippen molar-refractivity contribution in [2.75, 3.05) is 36.7 Å². The van der Waals surface area contributed by atoms with Crippen molar-refractivity contribution < 1.29 is 20.4 Å². The number of hydrogen-bond acceptors (Lipinski definition) is 9. The van der Waals surface area contributed by atoms with E-state index in [1.165, 1.54) is 9.80 Å². The highest BCUT2D eigenvalue weighted by Crippen LogP contribution is 2.34. The van der Waals surface area contributed by atoms with Gasteiger partial charge in [-0.3, -0.25) is 9.80 Å². The van der Waals surface area contributed by atoms with Crippen LogP contribution in [-0.4, -0.2) is 62.3 Å². The molecular weight excluding hydrogens is 302 g/mol. The van der Waals surface area contributed by atoms with Crippen LogP contribution in [0.4, 0.5) is 11.9 Å². The van der Waals surface area contributed by atoms with Gasteiger partial charge in [-0.2, -0.15) is 15.0 Å². The molecule has 1 aliphatic rings. The van der Waals surface area contributed by atoms with Crippen LogP contribution in [0, 0.1) is 5.92 Å². The molecule has 9 heteroatoms. The quantitative estimate of drug-likeness (QED) is 0.494. The summed E-state index contributed by atoms with van der Waals surface area (Å²) in [5, 5.41) is 37.2. The summed E-state index contributed by atoms with van der Waals surface area (Å²) >= 11 is 0. The van der Waals surface area contributed by atoms with E-state index >= 15 is 0 Å². The maximum absolute atomic E-state index is 9.31. The van der Waals surface area contributed by atoms with E-state index in [-0.39, 0.29) is 17.8 Å². The molecule has 0 saturated heterocycles. The third-order valence-corrected chi connectivity index (χ3v) is 4.26. The van der Waals surface area contributed by atoms with Crippen molar-refractivity contribution >= 4 is 11.9 Å². The standard InChI is InChI=1S/C14H25N5O4/c1-10-2-4-11(5-3-10)12-15-13(18(6-20)7-21)17-14(16-12)19(8-22)9-23/h10-11,20-23H,2-9H2,1H3. The first kappa shape index (κ1) is 17.8. The smallest absolute Gasteiger partial charge is 0.234 e. The Balaban J connectivity index is 2.35. The zero-order valence-corrected chi connectivity index (χ0v) is 13.3. The molecule has 0 bridgehead atoms. The van der Waals surface area contributed by atoms with Crippen LogP contribution >= 0.6 is 0 Å². The van der Waals surface area contributed by atoms with E-state index in [0.29, 0.717) is 11.7 Å². The number of aromatic nitrogens is 3. The summed E-state index contributed by atoms with van der Waals surface area (Å²) in [4.78, 5) is 15.2. The van der Waals surface area contributed by atoms with Gasteiger partial charge in [0.2, 0.25) is 11.9 Å². The van der Waals surface area contributed by atoms with Gasteiger partial charge in [-0.25, -0.2) is 0 Å². The van der Waals surface area contributed by atoms with Crippen molar-refractivity contribution in [3.63, 3.8) is 0 Å².